The van der Waals surface area contributed by atoms with Crippen LogP contribution in [0, 0.1) is 0 Å². The fourth-order valence-electron chi connectivity index (χ4n) is 1.85. The van der Waals surface area contributed by atoms with Crippen molar-refractivity contribution in [3.05, 3.63) is 11.9 Å². The highest BCUT2D eigenvalue weighted by Gasteiger charge is 2.17. The van der Waals surface area contributed by atoms with Gasteiger partial charge in [0.2, 0.25) is 0 Å². The number of hydrogen-bond acceptors (Lipinski definition) is 8. The average Bonchev–Trinajstić information content (AvgIpc) is 2.46. The number of hydrogen-bond donors (Lipinski definition) is 3. The molecule has 1 aliphatic heterocycles. The molecule has 0 saturated carbocycles. The summed E-state index contributed by atoms with van der Waals surface area (Å²) in [6.07, 6.45) is 3.01. The van der Waals surface area contributed by atoms with Crippen molar-refractivity contribution in [1.29, 1.82) is 0 Å². The molecule has 1 aromatic rings. The van der Waals surface area contributed by atoms with Crippen molar-refractivity contribution in [2.75, 3.05) is 50.0 Å². The summed E-state index contributed by atoms with van der Waals surface area (Å²) < 4.78 is 0. The van der Waals surface area contributed by atoms with E-state index in [4.69, 9.17) is 16.3 Å². The third-order valence-electron chi connectivity index (χ3n) is 2.78. The van der Waals surface area contributed by atoms with Crippen molar-refractivity contribution < 1.29 is 4.84 Å². The van der Waals surface area contributed by atoms with Crippen LogP contribution in [0.15, 0.2) is 11.5 Å². The summed E-state index contributed by atoms with van der Waals surface area (Å²) in [6.45, 7) is 4.38. The molecule has 1 saturated heterocycles. The van der Waals surface area contributed by atoms with Gasteiger partial charge in [-0.05, 0) is 0 Å². The molecule has 0 amide bonds. The number of nitrogens with zero attached hydrogens (tertiary/aromatic N) is 4. The summed E-state index contributed by atoms with van der Waals surface area (Å²) in [7, 11) is 0. The molecule has 0 atom stereocenters. The molecule has 0 radical (unpaired) electrons. The second-order valence-corrected chi connectivity index (χ2v) is 4.09. The Morgan fingerprint density at radius 2 is 2.21 bits per heavy atom. The van der Waals surface area contributed by atoms with Gasteiger partial charge in [0.05, 0.1) is 11.8 Å². The first-order chi connectivity index (χ1) is 9.33. The summed E-state index contributed by atoms with van der Waals surface area (Å²) in [5.74, 6) is 1.18. The summed E-state index contributed by atoms with van der Waals surface area (Å²) in [6, 6.07) is 0. The highest BCUT2D eigenvalue weighted by molar-refractivity contribution is 5.91. The Bertz CT molecular complexity index is 431. The minimum Gasteiger partial charge on any atom is -0.394 e. The van der Waals surface area contributed by atoms with Gasteiger partial charge in [0.15, 0.2) is 0 Å². The maximum Gasteiger partial charge on any atom is 0.143 e. The van der Waals surface area contributed by atoms with Crippen molar-refractivity contribution in [3.8, 4) is 0 Å². The van der Waals surface area contributed by atoms with Crippen molar-refractivity contribution in [2.45, 2.75) is 0 Å². The van der Waals surface area contributed by atoms with E-state index in [-0.39, 0.29) is 0 Å². The Kier molecular flexibility index (Phi) is 4.87. The molecule has 0 unspecified atom stereocenters. The number of nitrogens with two attached hydrogens (primary N) is 2. The molecule has 0 bridgehead atoms. The number of nitrogens with one attached hydrogen (secondary N) is 1. The molecule has 0 spiro atoms. The quantitative estimate of drug-likeness (QED) is 0.347. The lowest BCUT2D eigenvalue weighted by molar-refractivity contribution is 0.154. The number of rotatable bonds is 5. The van der Waals surface area contributed by atoms with Gasteiger partial charge in [-0.2, -0.15) is 0 Å². The van der Waals surface area contributed by atoms with E-state index in [9.17, 15) is 0 Å². The van der Waals surface area contributed by atoms with Gasteiger partial charge >= 0.3 is 0 Å². The lowest BCUT2D eigenvalue weighted by Crippen LogP contribution is -2.44. The van der Waals surface area contributed by atoms with Gasteiger partial charge in [-0.1, -0.05) is 5.16 Å². The van der Waals surface area contributed by atoms with Gasteiger partial charge in [-0.25, -0.2) is 9.97 Å². The van der Waals surface area contributed by atoms with Gasteiger partial charge in [0, 0.05) is 32.7 Å². The van der Waals surface area contributed by atoms with Gasteiger partial charge < -0.3 is 26.5 Å². The highest BCUT2D eigenvalue weighted by Crippen LogP contribution is 2.19. The maximum atomic E-state index is 5.88. The second-order valence-electron chi connectivity index (χ2n) is 4.09. The largest absolute Gasteiger partial charge is 0.394 e. The van der Waals surface area contributed by atoms with Crippen LogP contribution in [-0.2, 0) is 4.84 Å². The zero-order valence-electron chi connectivity index (χ0n) is 10.7. The highest BCUT2D eigenvalue weighted by atomic mass is 16.6. The third kappa shape index (κ3) is 3.52. The molecule has 8 heteroatoms. The molecule has 1 aromatic heterocycles. The Morgan fingerprint density at radius 3 is 2.95 bits per heavy atom. The number of anilines is 2. The monoisotopic (exact) mass is 265 g/mol. The average molecular weight is 265 g/mol. The molecule has 19 heavy (non-hydrogen) atoms. The number of nitrogen functional groups attached to an aromatic ring is 1. The van der Waals surface area contributed by atoms with Gasteiger partial charge in [-0.15, -0.1) is 0 Å². The van der Waals surface area contributed by atoms with E-state index in [2.05, 4.69) is 25.3 Å². The Hall–Kier alpha value is -1.93. The zero-order valence-corrected chi connectivity index (χ0v) is 10.7. The van der Waals surface area contributed by atoms with Gasteiger partial charge in [0.1, 0.15) is 24.6 Å². The van der Waals surface area contributed by atoms with E-state index in [0.29, 0.717) is 24.5 Å². The Labute approximate surface area is 111 Å². The number of oxime groups is 1. The Balaban J connectivity index is 2.17. The smallest absolute Gasteiger partial charge is 0.143 e. The van der Waals surface area contributed by atoms with Crippen molar-refractivity contribution in [2.24, 2.45) is 10.9 Å². The lowest BCUT2D eigenvalue weighted by atomic mass is 10.2. The number of aromatic nitrogens is 2. The SMILES string of the molecule is NCCON=Cc1c(N)ncnc1N1CCNCC1. The fraction of sp³-hybridized carbons (Fsp3) is 0.545. The minimum absolute atomic E-state index is 0.368. The van der Waals surface area contributed by atoms with Crippen LogP contribution in [0.2, 0.25) is 0 Å². The summed E-state index contributed by atoms with van der Waals surface area (Å²) >= 11 is 0. The molecule has 0 aromatic carbocycles. The van der Waals surface area contributed by atoms with Crippen LogP contribution >= 0.6 is 0 Å². The number of piperazine rings is 1. The minimum atomic E-state index is 0.368. The molecular weight excluding hydrogens is 246 g/mol. The molecule has 2 heterocycles. The molecule has 1 fully saturated rings. The van der Waals surface area contributed by atoms with Crippen LogP contribution in [0.4, 0.5) is 11.6 Å². The van der Waals surface area contributed by atoms with Crippen LogP contribution in [0.1, 0.15) is 5.56 Å². The van der Waals surface area contributed by atoms with E-state index in [1.165, 1.54) is 6.33 Å². The van der Waals surface area contributed by atoms with Crippen LogP contribution < -0.4 is 21.7 Å². The molecule has 1 aliphatic rings. The van der Waals surface area contributed by atoms with Crippen LogP contribution in [0.5, 0.6) is 0 Å². The summed E-state index contributed by atoms with van der Waals surface area (Å²) in [4.78, 5) is 15.4. The fourth-order valence-corrected chi connectivity index (χ4v) is 1.85. The topological polar surface area (TPSA) is 115 Å². The van der Waals surface area contributed by atoms with E-state index in [1.54, 1.807) is 6.21 Å². The molecule has 5 N–H and O–H groups in total. The molecule has 2 rings (SSSR count). The van der Waals surface area contributed by atoms with E-state index in [0.717, 1.165) is 32.0 Å². The first-order valence-electron chi connectivity index (χ1n) is 6.24. The second kappa shape index (κ2) is 6.86. The van der Waals surface area contributed by atoms with Crippen LogP contribution in [0.25, 0.3) is 0 Å². The van der Waals surface area contributed by atoms with Crippen molar-refractivity contribution in [1.82, 2.24) is 15.3 Å². The van der Waals surface area contributed by atoms with E-state index in [1.807, 2.05) is 0 Å². The van der Waals surface area contributed by atoms with Crippen LogP contribution in [-0.4, -0.2) is 55.5 Å². The molecule has 0 aliphatic carbocycles. The standard InChI is InChI=1S/C11H19N7O/c12-1-6-19-17-7-9-10(13)15-8-16-11(9)18-4-2-14-3-5-18/h7-8,14H,1-6,12H2,(H2,13,15,16). The van der Waals surface area contributed by atoms with E-state index < -0.39 is 0 Å². The molecule has 8 nitrogen and oxygen atoms in total. The van der Waals surface area contributed by atoms with Crippen LogP contribution in [0.3, 0.4) is 0 Å². The Morgan fingerprint density at radius 1 is 1.42 bits per heavy atom. The van der Waals surface area contributed by atoms with Gasteiger partial charge in [0.25, 0.3) is 0 Å². The summed E-state index contributed by atoms with van der Waals surface area (Å²) in [5.41, 5.74) is 11.9. The van der Waals surface area contributed by atoms with Crippen molar-refractivity contribution in [3.63, 3.8) is 0 Å². The lowest BCUT2D eigenvalue weighted by Gasteiger charge is -2.29. The summed E-state index contributed by atoms with van der Waals surface area (Å²) in [5, 5.41) is 7.13. The third-order valence-corrected chi connectivity index (χ3v) is 2.78. The predicted octanol–water partition coefficient (Wildman–Crippen LogP) is -1.22. The molecular formula is C11H19N7O. The van der Waals surface area contributed by atoms with Crippen molar-refractivity contribution >= 4 is 17.9 Å². The molecule has 104 valence electrons. The van der Waals surface area contributed by atoms with E-state index >= 15 is 0 Å². The first-order valence-corrected chi connectivity index (χ1v) is 6.24. The van der Waals surface area contributed by atoms with Gasteiger partial charge in [-0.3, -0.25) is 0 Å². The maximum absolute atomic E-state index is 5.88. The zero-order chi connectivity index (χ0) is 13.5. The predicted molar refractivity (Wildman–Crippen MR) is 74.1 cm³/mol. The first kappa shape index (κ1) is 13.5. The normalized spacial score (nSPS) is 15.9.